The van der Waals surface area contributed by atoms with Crippen molar-refractivity contribution in [3.8, 4) is 22.8 Å². The van der Waals surface area contributed by atoms with Crippen LogP contribution in [-0.2, 0) is 0 Å². The Morgan fingerprint density at radius 2 is 1.56 bits per heavy atom. The molecular formula is C30H23NO5. The van der Waals surface area contributed by atoms with Gasteiger partial charge in [0.1, 0.15) is 22.7 Å². The third-order valence-electron chi connectivity index (χ3n) is 6.43. The van der Waals surface area contributed by atoms with Crippen LogP contribution >= 0.6 is 0 Å². The fourth-order valence-corrected chi connectivity index (χ4v) is 4.80. The maximum absolute atomic E-state index is 14.1. The van der Waals surface area contributed by atoms with E-state index in [-0.39, 0.29) is 11.5 Å². The average molecular weight is 478 g/mol. The van der Waals surface area contributed by atoms with Gasteiger partial charge in [-0.3, -0.25) is 4.79 Å². The van der Waals surface area contributed by atoms with E-state index in [1.165, 1.54) is 0 Å². The zero-order chi connectivity index (χ0) is 25.0. The lowest BCUT2D eigenvalue weighted by atomic mass is 9.95. The summed E-state index contributed by atoms with van der Waals surface area (Å²) in [6.45, 7) is 0. The van der Waals surface area contributed by atoms with Gasteiger partial charge in [-0.25, -0.2) is 0 Å². The van der Waals surface area contributed by atoms with E-state index in [4.69, 9.17) is 13.6 Å². The normalized spacial score (nSPS) is 11.4. The lowest BCUT2D eigenvalue weighted by Crippen LogP contribution is -2.09. The molecule has 0 aliphatic heterocycles. The van der Waals surface area contributed by atoms with Crippen LogP contribution in [-0.4, -0.2) is 32.1 Å². The molecule has 0 spiro atoms. The van der Waals surface area contributed by atoms with Crippen LogP contribution < -0.4 is 9.64 Å². The van der Waals surface area contributed by atoms with Crippen molar-refractivity contribution in [1.82, 2.24) is 0 Å². The molecule has 0 bridgehead atoms. The number of carbonyl (C=O) groups excluding carboxylic acids is 1. The zero-order valence-corrected chi connectivity index (χ0v) is 20.0. The number of phenolic OH excluding ortho intramolecular Hbond substituents is 1. The maximum atomic E-state index is 14.1. The number of aromatic hydroxyl groups is 1. The summed E-state index contributed by atoms with van der Waals surface area (Å²) in [4.78, 5) is 15.9. The molecule has 178 valence electrons. The van der Waals surface area contributed by atoms with E-state index in [0.29, 0.717) is 56.0 Å². The predicted molar refractivity (Wildman–Crippen MR) is 141 cm³/mol. The molecule has 2 aromatic heterocycles. The minimum atomic E-state index is -0.180. The average Bonchev–Trinajstić information content (AvgIpc) is 3.46. The molecule has 0 radical (unpaired) electrons. The van der Waals surface area contributed by atoms with E-state index in [0.717, 1.165) is 10.8 Å². The highest BCUT2D eigenvalue weighted by Gasteiger charge is 2.30. The fraction of sp³-hybridized carbons (Fsp3) is 0.100. The Kier molecular flexibility index (Phi) is 4.97. The molecule has 0 aliphatic rings. The molecule has 0 unspecified atom stereocenters. The van der Waals surface area contributed by atoms with Gasteiger partial charge in [-0.1, -0.05) is 54.6 Å². The molecule has 0 amide bonds. The summed E-state index contributed by atoms with van der Waals surface area (Å²) in [6, 6.07) is 23.7. The highest BCUT2D eigenvalue weighted by Crippen LogP contribution is 2.48. The van der Waals surface area contributed by atoms with Gasteiger partial charge in [-0.2, -0.15) is 0 Å². The molecule has 0 fully saturated rings. The van der Waals surface area contributed by atoms with Crippen molar-refractivity contribution in [3.05, 3.63) is 90.0 Å². The Balaban J connectivity index is 1.79. The van der Waals surface area contributed by atoms with Crippen LogP contribution in [0.25, 0.3) is 44.0 Å². The van der Waals surface area contributed by atoms with E-state index in [1.807, 2.05) is 67.5 Å². The van der Waals surface area contributed by atoms with Gasteiger partial charge >= 0.3 is 0 Å². The molecular weight excluding hydrogens is 454 g/mol. The molecule has 6 rings (SSSR count). The summed E-state index contributed by atoms with van der Waals surface area (Å²) in [6.07, 6.45) is 0. The summed E-state index contributed by atoms with van der Waals surface area (Å²) in [5.74, 6) is 1.46. The third-order valence-corrected chi connectivity index (χ3v) is 6.43. The second-order valence-electron chi connectivity index (χ2n) is 8.86. The van der Waals surface area contributed by atoms with E-state index >= 15 is 0 Å². The molecule has 6 aromatic rings. The van der Waals surface area contributed by atoms with Crippen LogP contribution in [0.15, 0.2) is 87.7 Å². The number of methoxy groups -OCH3 is 1. The summed E-state index contributed by atoms with van der Waals surface area (Å²) in [7, 11) is 5.34. The Bertz CT molecular complexity index is 1780. The molecule has 4 aromatic carbocycles. The second-order valence-corrected chi connectivity index (χ2v) is 8.86. The third kappa shape index (κ3) is 3.22. The number of fused-ring (bicyclic) bond motifs is 4. The first-order valence-corrected chi connectivity index (χ1v) is 11.5. The first-order chi connectivity index (χ1) is 17.5. The number of hydrogen-bond acceptors (Lipinski definition) is 6. The summed E-state index contributed by atoms with van der Waals surface area (Å²) >= 11 is 0. The van der Waals surface area contributed by atoms with E-state index in [1.54, 1.807) is 37.4 Å². The number of anilines is 1. The number of furan rings is 2. The van der Waals surface area contributed by atoms with Gasteiger partial charge in [0, 0.05) is 41.2 Å². The number of ether oxygens (including phenoxy) is 1. The van der Waals surface area contributed by atoms with Crippen LogP contribution in [0, 0.1) is 0 Å². The first-order valence-electron chi connectivity index (χ1n) is 11.5. The smallest absolute Gasteiger partial charge is 0.207 e. The minimum Gasteiger partial charge on any atom is -0.508 e. The van der Waals surface area contributed by atoms with Crippen molar-refractivity contribution in [3.63, 3.8) is 0 Å². The quantitative estimate of drug-likeness (QED) is 0.269. The van der Waals surface area contributed by atoms with Crippen molar-refractivity contribution in [2.45, 2.75) is 0 Å². The van der Waals surface area contributed by atoms with Gasteiger partial charge in [-0.15, -0.1) is 0 Å². The summed E-state index contributed by atoms with van der Waals surface area (Å²) in [5.41, 5.74) is 2.71. The first kappa shape index (κ1) is 21.8. The maximum Gasteiger partial charge on any atom is 0.207 e. The van der Waals surface area contributed by atoms with Gasteiger partial charge in [0.2, 0.25) is 5.88 Å². The number of hydrogen-bond donors (Lipinski definition) is 1. The molecule has 1 N–H and O–H groups in total. The molecule has 6 nitrogen and oxygen atoms in total. The molecule has 6 heteroatoms. The van der Waals surface area contributed by atoms with E-state index in [2.05, 4.69) is 0 Å². The van der Waals surface area contributed by atoms with E-state index in [9.17, 15) is 9.90 Å². The predicted octanol–water partition coefficient (Wildman–Crippen LogP) is 7.01. The van der Waals surface area contributed by atoms with Crippen LogP contribution in [0.2, 0.25) is 0 Å². The molecule has 0 atom stereocenters. The van der Waals surface area contributed by atoms with Crippen molar-refractivity contribution in [2.24, 2.45) is 0 Å². The van der Waals surface area contributed by atoms with Crippen molar-refractivity contribution in [1.29, 1.82) is 0 Å². The standard InChI is InChI=1S/C30H23NO5/c1-31(2)30-26(21-15-18(32)13-14-23(21)35-30)29-25(27(33)17-9-5-4-6-10-17)22-16-24(34-3)19-11-7-8-12-20(19)28(22)36-29/h4-16,32H,1-3H3. The second kappa shape index (κ2) is 8.20. The van der Waals surface area contributed by atoms with Crippen LogP contribution in [0.5, 0.6) is 11.5 Å². The lowest BCUT2D eigenvalue weighted by molar-refractivity contribution is 0.104. The van der Waals surface area contributed by atoms with Crippen molar-refractivity contribution < 1.29 is 23.5 Å². The molecule has 2 heterocycles. The highest BCUT2D eigenvalue weighted by atomic mass is 16.5. The Hall–Kier alpha value is -4.71. The topological polar surface area (TPSA) is 76.0 Å². The van der Waals surface area contributed by atoms with Gasteiger partial charge in [0.05, 0.1) is 18.2 Å². The van der Waals surface area contributed by atoms with Gasteiger partial charge in [-0.05, 0) is 24.3 Å². The molecule has 36 heavy (non-hydrogen) atoms. The zero-order valence-electron chi connectivity index (χ0n) is 20.0. The van der Waals surface area contributed by atoms with Gasteiger partial charge < -0.3 is 23.6 Å². The molecule has 0 saturated heterocycles. The number of ketones is 1. The van der Waals surface area contributed by atoms with Crippen LogP contribution in [0.1, 0.15) is 15.9 Å². The van der Waals surface area contributed by atoms with Crippen molar-refractivity contribution in [2.75, 3.05) is 26.1 Å². The lowest BCUT2D eigenvalue weighted by Gasteiger charge is -2.11. The van der Waals surface area contributed by atoms with Gasteiger partial charge in [0.15, 0.2) is 11.5 Å². The fourth-order valence-electron chi connectivity index (χ4n) is 4.80. The minimum absolute atomic E-state index is 0.0917. The SMILES string of the molecule is COc1cc2c(C(=O)c3ccccc3)c(-c3c(N(C)C)oc4ccc(O)cc34)oc2c2ccccc12. The number of carbonyl (C=O) groups is 1. The Morgan fingerprint density at radius 1 is 0.833 bits per heavy atom. The monoisotopic (exact) mass is 477 g/mol. The van der Waals surface area contributed by atoms with Crippen molar-refractivity contribution >= 4 is 44.4 Å². The molecule has 0 saturated carbocycles. The highest BCUT2D eigenvalue weighted by molar-refractivity contribution is 6.24. The molecule has 0 aliphatic carbocycles. The van der Waals surface area contributed by atoms with Crippen LogP contribution in [0.3, 0.4) is 0 Å². The number of nitrogens with zero attached hydrogens (tertiary/aromatic N) is 1. The summed E-state index contributed by atoms with van der Waals surface area (Å²) in [5, 5.41) is 13.3. The van der Waals surface area contributed by atoms with Gasteiger partial charge in [0.25, 0.3) is 0 Å². The number of rotatable bonds is 5. The van der Waals surface area contributed by atoms with E-state index < -0.39 is 0 Å². The Morgan fingerprint density at radius 3 is 2.28 bits per heavy atom. The largest absolute Gasteiger partial charge is 0.508 e. The number of phenols is 1. The van der Waals surface area contributed by atoms with Crippen LogP contribution in [0.4, 0.5) is 5.88 Å². The number of benzene rings is 4. The Labute approximate surface area is 206 Å². The summed E-state index contributed by atoms with van der Waals surface area (Å²) < 4.78 is 18.5.